The van der Waals surface area contributed by atoms with Gasteiger partial charge in [0.15, 0.2) is 5.13 Å². The first kappa shape index (κ1) is 21.5. The van der Waals surface area contributed by atoms with Crippen molar-refractivity contribution in [2.45, 2.75) is 4.90 Å². The van der Waals surface area contributed by atoms with Gasteiger partial charge in [0.05, 0.1) is 27.1 Å². The van der Waals surface area contributed by atoms with Gasteiger partial charge in [-0.2, -0.15) is 0 Å². The number of rotatable bonds is 7. The van der Waals surface area contributed by atoms with Crippen LogP contribution in [0.15, 0.2) is 77.7 Å². The Labute approximate surface area is 191 Å². The van der Waals surface area contributed by atoms with Crippen molar-refractivity contribution in [1.29, 1.82) is 0 Å². The maximum Gasteiger partial charge on any atom is 0.336 e. The Morgan fingerprint density at radius 2 is 1.56 bits per heavy atom. The van der Waals surface area contributed by atoms with E-state index in [1.54, 1.807) is 36.4 Å². The van der Waals surface area contributed by atoms with E-state index in [1.165, 1.54) is 35.2 Å². The van der Waals surface area contributed by atoms with E-state index in [9.17, 15) is 19.5 Å². The van der Waals surface area contributed by atoms with Crippen LogP contribution >= 0.6 is 23.1 Å². The molecule has 0 saturated carbocycles. The minimum atomic E-state index is -1.16. The number of amides is 2. The van der Waals surface area contributed by atoms with Gasteiger partial charge < -0.3 is 15.7 Å². The number of carbonyl (C=O) groups excluding carboxylic acids is 2. The highest BCUT2D eigenvalue weighted by Gasteiger charge is 2.16. The summed E-state index contributed by atoms with van der Waals surface area (Å²) in [4.78, 5) is 41.2. The zero-order valence-corrected chi connectivity index (χ0v) is 18.2. The third kappa shape index (κ3) is 5.13. The number of aromatic carboxylic acids is 1. The molecule has 9 heteroatoms. The highest BCUT2D eigenvalue weighted by molar-refractivity contribution is 8.00. The van der Waals surface area contributed by atoms with Crippen LogP contribution in [0.2, 0.25) is 0 Å². The molecule has 0 aliphatic carbocycles. The summed E-state index contributed by atoms with van der Waals surface area (Å²) in [5.74, 6) is -1.60. The van der Waals surface area contributed by atoms with Crippen LogP contribution in [0.5, 0.6) is 0 Å². The fourth-order valence-electron chi connectivity index (χ4n) is 2.93. The van der Waals surface area contributed by atoms with Crippen LogP contribution in [0.1, 0.15) is 20.7 Å². The maximum atomic E-state index is 12.4. The summed E-state index contributed by atoms with van der Waals surface area (Å²) >= 11 is 2.79. The van der Waals surface area contributed by atoms with Crippen molar-refractivity contribution >= 4 is 61.9 Å². The molecule has 0 radical (unpaired) electrons. The number of nitrogens with zero attached hydrogens (tertiary/aromatic N) is 1. The topological polar surface area (TPSA) is 108 Å². The van der Waals surface area contributed by atoms with E-state index in [1.807, 2.05) is 24.3 Å². The number of benzene rings is 3. The zero-order chi connectivity index (χ0) is 22.5. The monoisotopic (exact) mass is 463 g/mol. The van der Waals surface area contributed by atoms with E-state index in [2.05, 4.69) is 15.6 Å². The smallest absolute Gasteiger partial charge is 0.336 e. The molecule has 7 nitrogen and oxygen atoms in total. The molecular weight excluding hydrogens is 446 g/mol. The van der Waals surface area contributed by atoms with E-state index >= 15 is 0 Å². The fraction of sp³-hybridized carbons (Fsp3) is 0.0435. The van der Waals surface area contributed by atoms with Crippen LogP contribution in [0.4, 0.5) is 10.8 Å². The molecule has 0 saturated heterocycles. The second-order valence-electron chi connectivity index (χ2n) is 6.65. The Balaban J connectivity index is 1.32. The second-order valence-corrected chi connectivity index (χ2v) is 8.73. The summed E-state index contributed by atoms with van der Waals surface area (Å²) in [5, 5.41) is 15.3. The van der Waals surface area contributed by atoms with E-state index in [0.29, 0.717) is 10.8 Å². The molecule has 0 aliphatic heterocycles. The van der Waals surface area contributed by atoms with Crippen LogP contribution in [0.25, 0.3) is 10.2 Å². The number of thioether (sulfide) groups is 1. The molecule has 160 valence electrons. The zero-order valence-electron chi connectivity index (χ0n) is 16.6. The number of fused-ring (bicyclic) bond motifs is 1. The lowest BCUT2D eigenvalue weighted by Gasteiger charge is -2.08. The first-order valence-corrected chi connectivity index (χ1v) is 11.3. The highest BCUT2D eigenvalue weighted by Crippen LogP contribution is 2.26. The SMILES string of the molecule is O=C(CSc1ccc(NC(=O)c2ccccc2C(=O)O)cc1)Nc1nc2ccccc2s1. The van der Waals surface area contributed by atoms with Crippen LogP contribution in [-0.4, -0.2) is 33.6 Å². The minimum absolute atomic E-state index is 0.0590. The summed E-state index contributed by atoms with van der Waals surface area (Å²) in [6.07, 6.45) is 0. The predicted octanol–water partition coefficient (Wildman–Crippen LogP) is 4.98. The summed E-state index contributed by atoms with van der Waals surface area (Å²) in [6.45, 7) is 0. The summed E-state index contributed by atoms with van der Waals surface area (Å²) in [6, 6.07) is 20.7. The number of anilines is 2. The van der Waals surface area contributed by atoms with Gasteiger partial charge in [-0.25, -0.2) is 9.78 Å². The van der Waals surface area contributed by atoms with Gasteiger partial charge in [0.25, 0.3) is 5.91 Å². The number of hydrogen-bond donors (Lipinski definition) is 3. The Hall–Kier alpha value is -3.69. The van der Waals surface area contributed by atoms with Gasteiger partial charge in [0, 0.05) is 10.6 Å². The first-order chi connectivity index (χ1) is 15.5. The molecule has 3 aromatic carbocycles. The van der Waals surface area contributed by atoms with Crippen LogP contribution < -0.4 is 10.6 Å². The van der Waals surface area contributed by atoms with Crippen molar-refractivity contribution in [3.8, 4) is 0 Å². The van der Waals surface area contributed by atoms with Crippen molar-refractivity contribution in [3.05, 3.63) is 83.9 Å². The molecule has 2 amide bonds. The second kappa shape index (κ2) is 9.63. The lowest BCUT2D eigenvalue weighted by Crippen LogP contribution is -2.16. The normalized spacial score (nSPS) is 10.6. The Morgan fingerprint density at radius 1 is 0.875 bits per heavy atom. The third-order valence-electron chi connectivity index (χ3n) is 4.42. The number of carboxylic acids is 1. The fourth-order valence-corrected chi connectivity index (χ4v) is 4.51. The largest absolute Gasteiger partial charge is 0.478 e. The van der Waals surface area contributed by atoms with E-state index < -0.39 is 11.9 Å². The van der Waals surface area contributed by atoms with Crippen LogP contribution in [0, 0.1) is 0 Å². The number of hydrogen-bond acceptors (Lipinski definition) is 6. The summed E-state index contributed by atoms with van der Waals surface area (Å²) < 4.78 is 1.01. The number of nitrogens with one attached hydrogen (secondary N) is 2. The lowest BCUT2D eigenvalue weighted by atomic mass is 10.1. The van der Waals surface area contributed by atoms with Crippen molar-refractivity contribution in [2.24, 2.45) is 0 Å². The number of para-hydroxylation sites is 1. The molecule has 1 aromatic heterocycles. The molecule has 3 N–H and O–H groups in total. The third-order valence-corrected chi connectivity index (χ3v) is 6.39. The lowest BCUT2D eigenvalue weighted by molar-refractivity contribution is -0.113. The molecule has 0 bridgehead atoms. The predicted molar refractivity (Wildman–Crippen MR) is 127 cm³/mol. The molecule has 4 rings (SSSR count). The summed E-state index contributed by atoms with van der Waals surface area (Å²) in [7, 11) is 0. The van der Waals surface area contributed by atoms with Gasteiger partial charge in [-0.1, -0.05) is 35.6 Å². The Kier molecular flexibility index (Phi) is 6.48. The van der Waals surface area contributed by atoms with Crippen LogP contribution in [0.3, 0.4) is 0 Å². The number of thiazole rings is 1. The maximum absolute atomic E-state index is 12.4. The van der Waals surface area contributed by atoms with Crippen molar-refractivity contribution in [3.63, 3.8) is 0 Å². The van der Waals surface area contributed by atoms with Gasteiger partial charge in [-0.15, -0.1) is 11.8 Å². The molecule has 1 heterocycles. The van der Waals surface area contributed by atoms with Gasteiger partial charge in [-0.05, 0) is 48.5 Å². The average Bonchev–Trinajstić information content (AvgIpc) is 3.20. The van der Waals surface area contributed by atoms with Gasteiger partial charge in [0.1, 0.15) is 0 Å². The molecule has 0 aliphatic rings. The van der Waals surface area contributed by atoms with Gasteiger partial charge in [-0.3, -0.25) is 9.59 Å². The molecule has 0 spiro atoms. The van der Waals surface area contributed by atoms with E-state index in [0.717, 1.165) is 15.1 Å². The average molecular weight is 464 g/mol. The minimum Gasteiger partial charge on any atom is -0.478 e. The van der Waals surface area contributed by atoms with Crippen molar-refractivity contribution < 1.29 is 19.5 Å². The van der Waals surface area contributed by atoms with Crippen molar-refractivity contribution in [1.82, 2.24) is 4.98 Å². The van der Waals surface area contributed by atoms with Crippen LogP contribution in [-0.2, 0) is 4.79 Å². The number of carboxylic acid groups (broad SMARTS) is 1. The van der Waals surface area contributed by atoms with Gasteiger partial charge >= 0.3 is 5.97 Å². The molecule has 0 atom stereocenters. The molecular formula is C23H17N3O4S2. The molecule has 0 fully saturated rings. The van der Waals surface area contributed by atoms with Crippen molar-refractivity contribution in [2.75, 3.05) is 16.4 Å². The molecule has 4 aromatic rings. The number of carbonyl (C=O) groups is 3. The van der Waals surface area contributed by atoms with E-state index in [4.69, 9.17) is 0 Å². The first-order valence-electron chi connectivity index (χ1n) is 9.51. The highest BCUT2D eigenvalue weighted by atomic mass is 32.2. The molecule has 32 heavy (non-hydrogen) atoms. The standard InChI is InChI=1S/C23H17N3O4S2/c27-20(26-23-25-18-7-3-4-8-19(18)32-23)13-31-15-11-9-14(10-12-15)24-21(28)16-5-1-2-6-17(16)22(29)30/h1-12H,13H2,(H,24,28)(H,29,30)(H,25,26,27). The summed E-state index contributed by atoms with van der Waals surface area (Å²) in [5.41, 5.74) is 1.41. The number of aromatic nitrogens is 1. The Morgan fingerprint density at radius 3 is 2.28 bits per heavy atom. The Bertz CT molecular complexity index is 1270. The van der Waals surface area contributed by atoms with E-state index in [-0.39, 0.29) is 22.8 Å². The van der Waals surface area contributed by atoms with Gasteiger partial charge in [0.2, 0.25) is 5.91 Å². The molecule has 0 unspecified atom stereocenters. The quantitative estimate of drug-likeness (QED) is 0.334.